The van der Waals surface area contributed by atoms with Gasteiger partial charge in [0.05, 0.1) is 17.8 Å². The molecule has 0 aromatic carbocycles. The van der Waals surface area contributed by atoms with Crippen molar-refractivity contribution in [2.24, 2.45) is 0 Å². The number of aromatic amines is 2. The van der Waals surface area contributed by atoms with E-state index in [1.165, 1.54) is 24.5 Å². The molecule has 0 radical (unpaired) electrons. The summed E-state index contributed by atoms with van der Waals surface area (Å²) in [5, 5.41) is 5.27. The first-order chi connectivity index (χ1) is 11.5. The Balaban J connectivity index is 1.74. The minimum atomic E-state index is -0.467. The highest BCUT2D eigenvalue weighted by atomic mass is 35.5. The van der Waals surface area contributed by atoms with Gasteiger partial charge in [-0.05, 0) is 12.1 Å². The molecule has 0 aliphatic carbocycles. The van der Waals surface area contributed by atoms with Crippen molar-refractivity contribution in [2.75, 3.05) is 12.4 Å². The van der Waals surface area contributed by atoms with Gasteiger partial charge in [0.1, 0.15) is 16.5 Å². The largest absolute Gasteiger partial charge is 0.464 e. The number of rotatable bonds is 4. The number of hydrogen-bond donors (Lipinski definition) is 3. The fourth-order valence-electron chi connectivity index (χ4n) is 1.92. The molecule has 0 spiro atoms. The summed E-state index contributed by atoms with van der Waals surface area (Å²) in [7, 11) is 1.30. The Bertz CT molecular complexity index is 895. The van der Waals surface area contributed by atoms with Crippen LogP contribution >= 0.6 is 34.5 Å². The quantitative estimate of drug-likeness (QED) is 0.595. The average molecular weight is 385 g/mol. The highest BCUT2D eigenvalue weighted by Crippen LogP contribution is 2.27. The van der Waals surface area contributed by atoms with Crippen LogP contribution in [0.2, 0.25) is 10.2 Å². The molecule has 124 valence electrons. The van der Waals surface area contributed by atoms with Crippen LogP contribution in [0.3, 0.4) is 0 Å². The van der Waals surface area contributed by atoms with Gasteiger partial charge >= 0.3 is 5.97 Å². The molecule has 0 aliphatic heterocycles. The second-order valence-corrected chi connectivity index (χ2v) is 6.27. The molecule has 0 saturated carbocycles. The zero-order valence-corrected chi connectivity index (χ0v) is 14.5. The Morgan fingerprint density at radius 1 is 1.29 bits per heavy atom. The predicted octanol–water partition coefficient (Wildman–Crippen LogP) is 3.81. The highest BCUT2D eigenvalue weighted by Gasteiger charge is 2.15. The number of aromatic nitrogens is 3. The average Bonchev–Trinajstić information content (AvgIpc) is 3.27. The van der Waals surface area contributed by atoms with Crippen molar-refractivity contribution in [3.05, 3.63) is 45.3 Å². The van der Waals surface area contributed by atoms with Crippen LogP contribution in [-0.2, 0) is 4.74 Å². The third-order valence-corrected chi connectivity index (χ3v) is 4.53. The Hall–Kier alpha value is -2.29. The number of thiazole rings is 1. The van der Waals surface area contributed by atoms with Crippen molar-refractivity contribution in [1.29, 1.82) is 0 Å². The number of methoxy groups -OCH3 is 1. The number of ether oxygens (including phenoxy) is 1. The first kappa shape index (κ1) is 16.6. The van der Waals surface area contributed by atoms with Gasteiger partial charge in [-0.3, -0.25) is 10.1 Å². The van der Waals surface area contributed by atoms with E-state index in [4.69, 9.17) is 23.2 Å². The molecule has 7 nitrogen and oxygen atoms in total. The molecule has 3 aromatic heterocycles. The van der Waals surface area contributed by atoms with E-state index in [0.29, 0.717) is 22.1 Å². The maximum atomic E-state index is 12.1. The van der Waals surface area contributed by atoms with Crippen molar-refractivity contribution in [2.45, 2.75) is 0 Å². The number of nitrogens with zero attached hydrogens (tertiary/aromatic N) is 1. The molecule has 10 heteroatoms. The predicted molar refractivity (Wildman–Crippen MR) is 92.0 cm³/mol. The smallest absolute Gasteiger partial charge is 0.354 e. The lowest BCUT2D eigenvalue weighted by molar-refractivity contribution is 0.0594. The van der Waals surface area contributed by atoms with Crippen molar-refractivity contribution >= 4 is 51.5 Å². The summed E-state index contributed by atoms with van der Waals surface area (Å²) in [5.41, 5.74) is 1.88. The van der Waals surface area contributed by atoms with Crippen molar-refractivity contribution in [1.82, 2.24) is 15.0 Å². The Kier molecular flexibility index (Phi) is 4.61. The number of hydrogen-bond acceptors (Lipinski definition) is 5. The zero-order valence-electron chi connectivity index (χ0n) is 12.1. The van der Waals surface area contributed by atoms with Crippen LogP contribution in [0, 0.1) is 0 Å². The maximum absolute atomic E-state index is 12.1. The number of halogens is 2. The minimum Gasteiger partial charge on any atom is -0.464 e. The fourth-order valence-corrected chi connectivity index (χ4v) is 2.95. The van der Waals surface area contributed by atoms with E-state index in [-0.39, 0.29) is 15.9 Å². The van der Waals surface area contributed by atoms with Gasteiger partial charge in [0.2, 0.25) is 0 Å². The number of amides is 1. The van der Waals surface area contributed by atoms with Gasteiger partial charge in [0.15, 0.2) is 5.13 Å². The fraction of sp³-hybridized carbons (Fsp3) is 0.0714. The second-order valence-electron chi connectivity index (χ2n) is 4.63. The monoisotopic (exact) mass is 384 g/mol. The third kappa shape index (κ3) is 3.30. The van der Waals surface area contributed by atoms with Gasteiger partial charge in [-0.1, -0.05) is 23.2 Å². The minimum absolute atomic E-state index is 0.198. The summed E-state index contributed by atoms with van der Waals surface area (Å²) in [6.07, 6.45) is 1.64. The SMILES string of the molecule is COC(=O)c1cc(-c2csc(NC(=O)c3cc(Cl)c(Cl)[nH]3)n2)c[nH]1. The number of carbonyl (C=O) groups excluding carboxylic acids is 2. The second kappa shape index (κ2) is 6.68. The molecular weight excluding hydrogens is 375 g/mol. The lowest BCUT2D eigenvalue weighted by atomic mass is 10.2. The molecule has 3 rings (SSSR count). The zero-order chi connectivity index (χ0) is 17.3. The van der Waals surface area contributed by atoms with E-state index in [1.54, 1.807) is 17.6 Å². The first-order valence-corrected chi connectivity index (χ1v) is 8.19. The van der Waals surface area contributed by atoms with Gasteiger partial charge in [-0.25, -0.2) is 9.78 Å². The summed E-state index contributed by atoms with van der Waals surface area (Å²) >= 11 is 12.8. The van der Waals surface area contributed by atoms with Crippen molar-refractivity contribution in [3.8, 4) is 11.3 Å². The summed E-state index contributed by atoms with van der Waals surface area (Å²) < 4.78 is 4.63. The van der Waals surface area contributed by atoms with Gasteiger partial charge < -0.3 is 14.7 Å². The lowest BCUT2D eigenvalue weighted by Crippen LogP contribution is -2.11. The normalized spacial score (nSPS) is 10.6. The Morgan fingerprint density at radius 3 is 2.75 bits per heavy atom. The van der Waals surface area contributed by atoms with Crippen LogP contribution in [0.25, 0.3) is 11.3 Å². The van der Waals surface area contributed by atoms with E-state index >= 15 is 0 Å². The van der Waals surface area contributed by atoms with Crippen molar-refractivity contribution < 1.29 is 14.3 Å². The molecule has 0 unspecified atom stereocenters. The van der Waals surface area contributed by atoms with Gasteiger partial charge in [-0.2, -0.15) is 0 Å². The van der Waals surface area contributed by atoms with E-state index < -0.39 is 11.9 Å². The molecule has 24 heavy (non-hydrogen) atoms. The van der Waals surface area contributed by atoms with E-state index in [2.05, 4.69) is 25.0 Å². The Labute approximate surface area is 150 Å². The number of anilines is 1. The van der Waals surface area contributed by atoms with Crippen LogP contribution in [0.5, 0.6) is 0 Å². The third-order valence-electron chi connectivity index (χ3n) is 3.08. The lowest BCUT2D eigenvalue weighted by Gasteiger charge is -1.98. The van der Waals surface area contributed by atoms with Gasteiger partial charge in [0, 0.05) is 17.1 Å². The number of carbonyl (C=O) groups is 2. The molecule has 0 bridgehead atoms. The van der Waals surface area contributed by atoms with E-state index in [0.717, 1.165) is 0 Å². The maximum Gasteiger partial charge on any atom is 0.354 e. The highest BCUT2D eigenvalue weighted by molar-refractivity contribution is 7.14. The van der Waals surface area contributed by atoms with E-state index in [9.17, 15) is 9.59 Å². The molecule has 1 amide bonds. The Morgan fingerprint density at radius 2 is 2.08 bits per heavy atom. The molecule has 3 aromatic rings. The van der Waals surface area contributed by atoms with Crippen LogP contribution in [0.1, 0.15) is 21.0 Å². The summed E-state index contributed by atoms with van der Waals surface area (Å²) in [6.45, 7) is 0. The first-order valence-electron chi connectivity index (χ1n) is 6.56. The summed E-state index contributed by atoms with van der Waals surface area (Å²) in [6, 6.07) is 3.06. The number of H-pyrrole nitrogens is 2. The van der Waals surface area contributed by atoms with Crippen LogP contribution in [0.4, 0.5) is 5.13 Å². The van der Waals surface area contributed by atoms with Gasteiger partial charge in [0.25, 0.3) is 5.91 Å². The molecule has 3 N–H and O–H groups in total. The molecule has 0 atom stereocenters. The molecular formula is C14H10Cl2N4O3S. The molecule has 0 saturated heterocycles. The van der Waals surface area contributed by atoms with Gasteiger partial charge in [-0.15, -0.1) is 11.3 Å². The number of nitrogens with one attached hydrogen (secondary N) is 3. The van der Waals surface area contributed by atoms with E-state index in [1.807, 2.05) is 0 Å². The molecule has 3 heterocycles. The van der Waals surface area contributed by atoms with Crippen LogP contribution in [-0.4, -0.2) is 33.9 Å². The summed E-state index contributed by atoms with van der Waals surface area (Å²) in [4.78, 5) is 33.3. The number of esters is 1. The standard InChI is InChI=1S/C14H10Cl2N4O3S/c1-23-13(22)9-2-6(4-17-9)10-5-24-14(19-10)20-12(21)8-3-7(15)11(16)18-8/h2-5,17-18H,1H3,(H,19,20,21). The van der Waals surface area contributed by atoms with Crippen LogP contribution in [0.15, 0.2) is 23.7 Å². The molecule has 0 aliphatic rings. The van der Waals surface area contributed by atoms with Crippen molar-refractivity contribution in [3.63, 3.8) is 0 Å². The topological polar surface area (TPSA) is 99.9 Å². The summed E-state index contributed by atoms with van der Waals surface area (Å²) in [5.74, 6) is -0.875. The molecule has 0 fully saturated rings. The van der Waals surface area contributed by atoms with Crippen LogP contribution < -0.4 is 5.32 Å².